The number of hydrogen-bond acceptors (Lipinski definition) is 6. The van der Waals surface area contributed by atoms with Gasteiger partial charge in [0.05, 0.1) is 24.2 Å². The van der Waals surface area contributed by atoms with E-state index in [0.29, 0.717) is 0 Å². The van der Waals surface area contributed by atoms with Crippen LogP contribution in [0, 0.1) is 5.92 Å². The molecule has 4 N–H and O–H groups in total. The number of aliphatic hydroxyl groups excluding tert-OH is 3. The fourth-order valence-electron chi connectivity index (χ4n) is 2.34. The van der Waals surface area contributed by atoms with Crippen molar-refractivity contribution in [3.8, 4) is 0 Å². The van der Waals surface area contributed by atoms with Gasteiger partial charge in [-0.05, 0) is 26.7 Å². The summed E-state index contributed by atoms with van der Waals surface area (Å²) in [4.78, 5) is 11.8. The second-order valence-corrected chi connectivity index (χ2v) is 6.14. The molecule has 0 fully saturated rings. The summed E-state index contributed by atoms with van der Waals surface area (Å²) in [6.07, 6.45) is -0.538. The summed E-state index contributed by atoms with van der Waals surface area (Å²) in [6.45, 7) is 4.73. The highest BCUT2D eigenvalue weighted by molar-refractivity contribution is 5.70. The standard InChI is InChI=1S/C15H26O6/c1-9-4-5-12(18)15(3,20)7-6-11(17)8-13(19)21-14(9)10(2)16/h4-5,9-12,14,16-18,20H,6-8H2,1-3H3/b5-4+/t9-,10+,11+,12-,14-,15+/m0/s1. The van der Waals surface area contributed by atoms with Crippen molar-refractivity contribution in [1.29, 1.82) is 0 Å². The summed E-state index contributed by atoms with van der Waals surface area (Å²) in [7, 11) is 0. The van der Waals surface area contributed by atoms with Gasteiger partial charge in [0.15, 0.2) is 0 Å². The van der Waals surface area contributed by atoms with Crippen molar-refractivity contribution in [2.24, 2.45) is 5.92 Å². The smallest absolute Gasteiger partial charge is 0.308 e. The predicted octanol–water partition coefficient (Wildman–Crippen LogP) is 0.128. The molecule has 6 nitrogen and oxygen atoms in total. The van der Waals surface area contributed by atoms with Crippen LogP contribution in [0.3, 0.4) is 0 Å². The van der Waals surface area contributed by atoms with Gasteiger partial charge in [-0.25, -0.2) is 0 Å². The largest absolute Gasteiger partial charge is 0.459 e. The van der Waals surface area contributed by atoms with Crippen LogP contribution < -0.4 is 0 Å². The molecule has 0 saturated heterocycles. The summed E-state index contributed by atoms with van der Waals surface area (Å²) in [6, 6.07) is 0. The molecule has 0 radical (unpaired) electrons. The molecular formula is C15H26O6. The molecule has 6 atom stereocenters. The first kappa shape index (κ1) is 18.1. The quantitative estimate of drug-likeness (QED) is 0.405. The van der Waals surface area contributed by atoms with Gasteiger partial charge in [-0.1, -0.05) is 19.1 Å². The number of esters is 1. The van der Waals surface area contributed by atoms with E-state index in [2.05, 4.69) is 0 Å². The van der Waals surface area contributed by atoms with Gasteiger partial charge >= 0.3 is 5.97 Å². The Morgan fingerprint density at radius 3 is 2.57 bits per heavy atom. The van der Waals surface area contributed by atoms with Crippen LogP contribution in [-0.2, 0) is 9.53 Å². The number of aliphatic hydroxyl groups is 4. The van der Waals surface area contributed by atoms with E-state index in [4.69, 9.17) is 4.74 Å². The molecule has 0 saturated carbocycles. The van der Waals surface area contributed by atoms with Gasteiger partial charge in [-0.15, -0.1) is 0 Å². The summed E-state index contributed by atoms with van der Waals surface area (Å²) in [5.41, 5.74) is -1.39. The van der Waals surface area contributed by atoms with Gasteiger partial charge in [-0.3, -0.25) is 4.79 Å². The van der Waals surface area contributed by atoms with Crippen molar-refractivity contribution in [2.75, 3.05) is 0 Å². The predicted molar refractivity (Wildman–Crippen MR) is 76.4 cm³/mol. The Labute approximate surface area is 125 Å². The lowest BCUT2D eigenvalue weighted by molar-refractivity contribution is -0.159. The normalized spacial score (nSPS) is 42.3. The third kappa shape index (κ3) is 5.39. The van der Waals surface area contributed by atoms with Gasteiger partial charge < -0.3 is 25.2 Å². The monoisotopic (exact) mass is 302 g/mol. The summed E-state index contributed by atoms with van der Waals surface area (Å²) < 4.78 is 5.21. The van der Waals surface area contributed by atoms with Crippen molar-refractivity contribution in [2.45, 2.75) is 70.1 Å². The minimum Gasteiger partial charge on any atom is -0.459 e. The third-order valence-electron chi connectivity index (χ3n) is 3.88. The van der Waals surface area contributed by atoms with Crippen LogP contribution in [0.1, 0.15) is 40.0 Å². The summed E-state index contributed by atoms with van der Waals surface area (Å²) in [5, 5.41) is 39.7. The Morgan fingerprint density at radius 1 is 1.38 bits per heavy atom. The Morgan fingerprint density at radius 2 is 2.00 bits per heavy atom. The van der Waals surface area contributed by atoms with E-state index in [1.165, 1.54) is 19.9 Å². The highest BCUT2D eigenvalue weighted by Crippen LogP contribution is 2.23. The van der Waals surface area contributed by atoms with E-state index in [1.54, 1.807) is 13.0 Å². The lowest BCUT2D eigenvalue weighted by Gasteiger charge is -2.30. The van der Waals surface area contributed by atoms with E-state index >= 15 is 0 Å². The molecule has 0 bridgehead atoms. The number of hydrogen-bond donors (Lipinski definition) is 4. The van der Waals surface area contributed by atoms with Crippen LogP contribution in [0.4, 0.5) is 0 Å². The molecule has 122 valence electrons. The second-order valence-electron chi connectivity index (χ2n) is 6.14. The Kier molecular flexibility index (Phi) is 6.34. The van der Waals surface area contributed by atoms with Crippen molar-refractivity contribution >= 4 is 5.97 Å². The van der Waals surface area contributed by atoms with Crippen molar-refractivity contribution in [1.82, 2.24) is 0 Å². The Balaban J connectivity index is 2.99. The van der Waals surface area contributed by atoms with Crippen molar-refractivity contribution < 1.29 is 30.0 Å². The van der Waals surface area contributed by atoms with Crippen LogP contribution in [-0.4, -0.2) is 56.4 Å². The molecule has 21 heavy (non-hydrogen) atoms. The zero-order valence-corrected chi connectivity index (χ0v) is 12.8. The van der Waals surface area contributed by atoms with Crippen molar-refractivity contribution in [3.05, 3.63) is 12.2 Å². The van der Waals surface area contributed by atoms with Crippen LogP contribution in [0.5, 0.6) is 0 Å². The molecule has 1 aliphatic heterocycles. The topological polar surface area (TPSA) is 107 Å². The third-order valence-corrected chi connectivity index (χ3v) is 3.88. The first-order valence-electron chi connectivity index (χ1n) is 7.28. The van der Waals surface area contributed by atoms with Gasteiger partial charge in [0.25, 0.3) is 0 Å². The summed E-state index contributed by atoms with van der Waals surface area (Å²) >= 11 is 0. The number of ether oxygens (including phenoxy) is 1. The molecule has 0 aliphatic carbocycles. The number of cyclic esters (lactones) is 1. The van der Waals surface area contributed by atoms with E-state index in [9.17, 15) is 25.2 Å². The van der Waals surface area contributed by atoms with Gasteiger partial charge in [0.1, 0.15) is 12.2 Å². The molecule has 0 unspecified atom stereocenters. The van der Waals surface area contributed by atoms with Gasteiger partial charge in [0.2, 0.25) is 0 Å². The lowest BCUT2D eigenvalue weighted by Crippen LogP contribution is -2.40. The second kappa shape index (κ2) is 7.35. The van der Waals surface area contributed by atoms with E-state index in [0.717, 1.165) is 0 Å². The fraction of sp³-hybridized carbons (Fsp3) is 0.800. The number of carbonyl (C=O) groups is 1. The first-order valence-corrected chi connectivity index (χ1v) is 7.28. The Bertz CT molecular complexity index is 376. The van der Waals surface area contributed by atoms with Crippen LogP contribution >= 0.6 is 0 Å². The average molecular weight is 302 g/mol. The van der Waals surface area contributed by atoms with Crippen LogP contribution in [0.25, 0.3) is 0 Å². The molecule has 1 heterocycles. The highest BCUT2D eigenvalue weighted by atomic mass is 16.6. The highest BCUT2D eigenvalue weighted by Gasteiger charge is 2.32. The maximum atomic E-state index is 11.8. The van der Waals surface area contributed by atoms with E-state index in [1.807, 2.05) is 0 Å². The molecule has 0 aromatic heterocycles. The Hall–Kier alpha value is -0.950. The van der Waals surface area contributed by atoms with Crippen LogP contribution in [0.15, 0.2) is 12.2 Å². The molecule has 0 aromatic rings. The van der Waals surface area contributed by atoms with Gasteiger partial charge in [-0.2, -0.15) is 0 Å². The van der Waals surface area contributed by atoms with Crippen LogP contribution in [0.2, 0.25) is 0 Å². The molecule has 6 heteroatoms. The summed E-state index contributed by atoms with van der Waals surface area (Å²) in [5.74, 6) is -0.926. The first-order chi connectivity index (χ1) is 9.63. The number of rotatable bonds is 1. The van der Waals surface area contributed by atoms with E-state index < -0.39 is 36.0 Å². The maximum Gasteiger partial charge on any atom is 0.308 e. The zero-order valence-electron chi connectivity index (χ0n) is 12.8. The molecule has 0 aromatic carbocycles. The van der Waals surface area contributed by atoms with Gasteiger partial charge in [0, 0.05) is 5.92 Å². The molecule has 1 aliphatic rings. The van der Waals surface area contributed by atoms with Crippen molar-refractivity contribution in [3.63, 3.8) is 0 Å². The van der Waals surface area contributed by atoms with E-state index in [-0.39, 0.29) is 25.2 Å². The lowest BCUT2D eigenvalue weighted by atomic mass is 9.89. The molecule has 1 rings (SSSR count). The maximum absolute atomic E-state index is 11.8. The molecule has 0 amide bonds. The number of carbonyl (C=O) groups excluding carboxylic acids is 1. The average Bonchev–Trinajstić information content (AvgIpc) is 2.38. The minimum atomic E-state index is -1.39. The molecule has 0 spiro atoms. The minimum absolute atomic E-state index is 0.154. The zero-order chi connectivity index (χ0) is 16.2. The fourth-order valence-corrected chi connectivity index (χ4v) is 2.34. The SMILES string of the molecule is C[C@@H](O)[C@H]1OC(=O)C[C@H](O)CC[C@@](C)(O)[C@@H](O)/C=C/[C@@H]1C. The molecular weight excluding hydrogens is 276 g/mol.